The van der Waals surface area contributed by atoms with Crippen molar-refractivity contribution in [3.05, 3.63) is 125 Å². The fourth-order valence-corrected chi connectivity index (χ4v) is 4.17. The van der Waals surface area contributed by atoms with Crippen LogP contribution in [0, 0.1) is 0 Å². The second-order valence-electron chi connectivity index (χ2n) is 8.61. The number of amides is 1. The zero-order valence-corrected chi connectivity index (χ0v) is 19.5. The van der Waals surface area contributed by atoms with Gasteiger partial charge in [-0.15, -0.1) is 0 Å². The number of para-hydroxylation sites is 2. The van der Waals surface area contributed by atoms with Gasteiger partial charge in [-0.1, -0.05) is 60.7 Å². The number of carbonyl (C=O) groups excluding carboxylic acids is 1. The van der Waals surface area contributed by atoms with Crippen LogP contribution in [0.4, 0.5) is 18.9 Å². The quantitative estimate of drug-likeness (QED) is 0.350. The van der Waals surface area contributed by atoms with Gasteiger partial charge in [0, 0.05) is 17.3 Å². The first kappa shape index (κ1) is 24.3. The Morgan fingerprint density at radius 2 is 1.51 bits per heavy atom. The van der Waals surface area contributed by atoms with E-state index in [2.05, 4.69) is 4.99 Å². The van der Waals surface area contributed by atoms with Crippen LogP contribution >= 0.6 is 0 Å². The summed E-state index contributed by atoms with van der Waals surface area (Å²) in [6.45, 7) is 0.144. The highest BCUT2D eigenvalue weighted by Gasteiger charge is 2.42. The maximum absolute atomic E-state index is 13.9. The summed E-state index contributed by atoms with van der Waals surface area (Å²) in [5.74, 6) is 0.702. The molecule has 4 aromatic rings. The minimum absolute atomic E-state index is 0.144. The third kappa shape index (κ3) is 4.96. The Kier molecular flexibility index (Phi) is 6.27. The van der Waals surface area contributed by atoms with Gasteiger partial charge in [0.15, 0.2) is 0 Å². The molecule has 0 bridgehead atoms. The lowest BCUT2D eigenvalue weighted by molar-refractivity contribution is -0.137. The van der Waals surface area contributed by atoms with Crippen LogP contribution in [0.15, 0.2) is 108 Å². The van der Waals surface area contributed by atoms with Gasteiger partial charge >= 0.3 is 6.18 Å². The first-order chi connectivity index (χ1) is 17.7. The molecule has 1 aliphatic heterocycles. The molecule has 8 heteroatoms. The molecule has 37 heavy (non-hydrogen) atoms. The highest BCUT2D eigenvalue weighted by Crippen LogP contribution is 2.35. The second-order valence-corrected chi connectivity index (χ2v) is 8.61. The number of aliphatic imine (C=N–C) groups is 1. The second kappa shape index (κ2) is 9.55. The van der Waals surface area contributed by atoms with Gasteiger partial charge in [-0.2, -0.15) is 13.2 Å². The van der Waals surface area contributed by atoms with Crippen molar-refractivity contribution in [1.82, 2.24) is 0 Å². The summed E-state index contributed by atoms with van der Waals surface area (Å²) in [5, 5.41) is 0. The van der Waals surface area contributed by atoms with E-state index in [1.807, 2.05) is 60.7 Å². The van der Waals surface area contributed by atoms with Crippen molar-refractivity contribution in [2.45, 2.75) is 18.4 Å². The van der Waals surface area contributed by atoms with Crippen molar-refractivity contribution in [3.63, 3.8) is 0 Å². The van der Waals surface area contributed by atoms with Crippen LogP contribution in [0.5, 0.6) is 11.5 Å². The number of alkyl halides is 3. The molecular formula is C29H22F3N3O2. The summed E-state index contributed by atoms with van der Waals surface area (Å²) < 4.78 is 45.3. The molecule has 5 rings (SSSR count). The molecule has 4 aromatic carbocycles. The van der Waals surface area contributed by atoms with E-state index >= 15 is 0 Å². The van der Waals surface area contributed by atoms with Crippen LogP contribution < -0.4 is 15.4 Å². The van der Waals surface area contributed by atoms with Gasteiger partial charge in [0.25, 0.3) is 5.91 Å². The first-order valence-corrected chi connectivity index (χ1v) is 11.5. The van der Waals surface area contributed by atoms with E-state index in [1.165, 1.54) is 23.2 Å². The summed E-state index contributed by atoms with van der Waals surface area (Å²) in [7, 11) is 0. The van der Waals surface area contributed by atoms with Crippen LogP contribution in [-0.2, 0) is 23.2 Å². The average molecular weight is 502 g/mol. The van der Waals surface area contributed by atoms with Crippen LogP contribution in [0.3, 0.4) is 0 Å². The van der Waals surface area contributed by atoms with Crippen LogP contribution in [0.2, 0.25) is 0 Å². The van der Waals surface area contributed by atoms with Crippen LogP contribution in [0.1, 0.15) is 22.3 Å². The van der Waals surface area contributed by atoms with Gasteiger partial charge < -0.3 is 9.64 Å². The van der Waals surface area contributed by atoms with Crippen molar-refractivity contribution in [3.8, 4) is 11.5 Å². The lowest BCUT2D eigenvalue weighted by Gasteiger charge is -2.31. The van der Waals surface area contributed by atoms with E-state index in [9.17, 15) is 18.0 Å². The highest BCUT2D eigenvalue weighted by molar-refractivity contribution is 6.07. The third-order valence-corrected chi connectivity index (χ3v) is 6.08. The predicted molar refractivity (Wildman–Crippen MR) is 135 cm³/mol. The number of ether oxygens (including phenoxy) is 1. The molecule has 1 aliphatic rings. The monoisotopic (exact) mass is 501 g/mol. The molecule has 1 unspecified atom stereocenters. The molecule has 0 fully saturated rings. The van der Waals surface area contributed by atoms with Gasteiger partial charge in [0.05, 0.1) is 17.8 Å². The third-order valence-electron chi connectivity index (χ3n) is 6.08. The normalized spacial score (nSPS) is 17.3. The molecule has 0 aliphatic carbocycles. The molecule has 0 radical (unpaired) electrons. The van der Waals surface area contributed by atoms with E-state index in [0.717, 1.165) is 17.7 Å². The lowest BCUT2D eigenvalue weighted by atomic mass is 9.97. The van der Waals surface area contributed by atoms with Crippen molar-refractivity contribution >= 4 is 17.8 Å². The van der Waals surface area contributed by atoms with E-state index < -0.39 is 23.3 Å². The number of benzodiazepines with no additional fused rings is 1. The van der Waals surface area contributed by atoms with Gasteiger partial charge in [0.1, 0.15) is 11.5 Å². The van der Waals surface area contributed by atoms with E-state index in [4.69, 9.17) is 10.5 Å². The summed E-state index contributed by atoms with van der Waals surface area (Å²) >= 11 is 0. The maximum Gasteiger partial charge on any atom is 0.416 e. The number of nitrogens with two attached hydrogens (primary N) is 1. The average Bonchev–Trinajstić information content (AvgIpc) is 3.00. The standard InChI is InChI=1S/C29H22F3N3O2/c30-29(31,32)23-15-13-22(14-16-23)28(33)27(36)35(26-12-5-4-8-21(26)18-34-28)19-20-7-6-11-25(17-20)37-24-9-2-1-3-10-24/h1-18H,19,33H2. The molecule has 5 nitrogen and oxygen atoms in total. The number of fused-ring (bicyclic) bond motifs is 1. The molecule has 2 N–H and O–H groups in total. The van der Waals surface area contributed by atoms with Crippen molar-refractivity contribution in [2.24, 2.45) is 10.7 Å². The van der Waals surface area contributed by atoms with Crippen molar-refractivity contribution in [2.75, 3.05) is 4.90 Å². The zero-order chi connectivity index (χ0) is 26.0. The van der Waals surface area contributed by atoms with Gasteiger partial charge in [-0.25, -0.2) is 0 Å². The largest absolute Gasteiger partial charge is 0.457 e. The maximum atomic E-state index is 13.9. The number of rotatable bonds is 5. The van der Waals surface area contributed by atoms with Gasteiger partial charge in [-0.05, 0) is 48.0 Å². The molecular weight excluding hydrogens is 479 g/mol. The van der Waals surface area contributed by atoms with Gasteiger partial charge in [0.2, 0.25) is 5.66 Å². The molecule has 0 saturated carbocycles. The molecule has 186 valence electrons. The molecule has 0 saturated heterocycles. The fourth-order valence-electron chi connectivity index (χ4n) is 4.17. The molecule has 1 heterocycles. The Morgan fingerprint density at radius 3 is 2.24 bits per heavy atom. The Balaban J connectivity index is 1.50. The summed E-state index contributed by atoms with van der Waals surface area (Å²) in [6, 6.07) is 28.0. The number of nitrogens with zero attached hydrogens (tertiary/aromatic N) is 2. The smallest absolute Gasteiger partial charge is 0.416 e. The number of anilines is 1. The summed E-state index contributed by atoms with van der Waals surface area (Å²) in [4.78, 5) is 19.8. The zero-order valence-electron chi connectivity index (χ0n) is 19.5. The fraction of sp³-hybridized carbons (Fsp3) is 0.103. The Labute approximate surface area is 211 Å². The van der Waals surface area contributed by atoms with Gasteiger partial charge in [-0.3, -0.25) is 15.5 Å². The predicted octanol–water partition coefficient (Wildman–Crippen LogP) is 6.28. The lowest BCUT2D eigenvalue weighted by Crippen LogP contribution is -2.51. The van der Waals surface area contributed by atoms with Crippen LogP contribution in [0.25, 0.3) is 0 Å². The summed E-state index contributed by atoms with van der Waals surface area (Å²) in [6.07, 6.45) is -3.02. The van der Waals surface area contributed by atoms with Crippen LogP contribution in [-0.4, -0.2) is 12.1 Å². The molecule has 0 spiro atoms. The Bertz CT molecular complexity index is 1450. The van der Waals surface area contributed by atoms with Crippen molar-refractivity contribution in [1.29, 1.82) is 0 Å². The summed E-state index contributed by atoms with van der Waals surface area (Å²) in [5.41, 5.74) is 5.97. The SMILES string of the molecule is NC1(c2ccc(C(F)(F)F)cc2)N=Cc2ccccc2N(Cc2cccc(Oc3ccccc3)c2)C1=O. The number of halogens is 3. The van der Waals surface area contributed by atoms with E-state index in [0.29, 0.717) is 22.7 Å². The number of benzene rings is 4. The molecule has 1 amide bonds. The number of hydrogen-bond donors (Lipinski definition) is 1. The van der Waals surface area contributed by atoms with Crippen molar-refractivity contribution < 1.29 is 22.7 Å². The Morgan fingerprint density at radius 1 is 0.838 bits per heavy atom. The topological polar surface area (TPSA) is 67.9 Å². The molecule has 1 atom stereocenters. The van der Waals surface area contributed by atoms with E-state index in [1.54, 1.807) is 18.2 Å². The number of hydrogen-bond acceptors (Lipinski definition) is 4. The number of carbonyl (C=O) groups is 1. The minimum Gasteiger partial charge on any atom is -0.457 e. The Hall–Kier alpha value is -4.43. The molecule has 0 aromatic heterocycles. The minimum atomic E-state index is -4.51. The first-order valence-electron chi connectivity index (χ1n) is 11.5. The highest BCUT2D eigenvalue weighted by atomic mass is 19.4. The van der Waals surface area contributed by atoms with E-state index in [-0.39, 0.29) is 12.1 Å².